The summed E-state index contributed by atoms with van der Waals surface area (Å²) in [6.45, 7) is 4.59. The SMILES string of the molecule is Cc1cc(NC(=O)C2(c3ccc4c(c3)CCO4)CC2)nc(-c2ccc[nH]c2=O)c1C.[HH]. The Morgan fingerprint density at radius 1 is 1.23 bits per heavy atom. The fourth-order valence-electron chi connectivity index (χ4n) is 4.16. The summed E-state index contributed by atoms with van der Waals surface area (Å²) >= 11 is 0. The summed E-state index contributed by atoms with van der Waals surface area (Å²) in [5, 5.41) is 3.02. The van der Waals surface area contributed by atoms with E-state index in [-0.39, 0.29) is 12.9 Å². The fourth-order valence-corrected chi connectivity index (χ4v) is 4.16. The molecule has 1 amide bonds. The average molecular weight is 403 g/mol. The van der Waals surface area contributed by atoms with Gasteiger partial charge in [-0.25, -0.2) is 4.98 Å². The number of carbonyl (C=O) groups is 1. The van der Waals surface area contributed by atoms with Gasteiger partial charge in [-0.05, 0) is 73.2 Å². The smallest absolute Gasteiger partial charge is 0.257 e. The second-order valence-corrected chi connectivity index (χ2v) is 8.17. The molecule has 2 N–H and O–H groups in total. The van der Waals surface area contributed by atoms with Crippen LogP contribution in [0.4, 0.5) is 5.82 Å². The molecule has 0 spiro atoms. The number of benzene rings is 1. The van der Waals surface area contributed by atoms with Crippen LogP contribution in [0.3, 0.4) is 0 Å². The third kappa shape index (κ3) is 3.00. The highest BCUT2D eigenvalue weighted by Gasteiger charge is 2.51. The molecule has 30 heavy (non-hydrogen) atoms. The maximum atomic E-state index is 13.3. The van der Waals surface area contributed by atoms with Crippen molar-refractivity contribution >= 4 is 11.7 Å². The molecule has 3 heterocycles. The zero-order valence-electron chi connectivity index (χ0n) is 17.0. The highest BCUT2D eigenvalue weighted by molar-refractivity contribution is 6.01. The molecule has 1 aliphatic heterocycles. The number of amides is 1. The van der Waals surface area contributed by atoms with Crippen LogP contribution in [0, 0.1) is 13.8 Å². The van der Waals surface area contributed by atoms with Crippen molar-refractivity contribution < 1.29 is 11.0 Å². The number of aromatic amines is 1. The van der Waals surface area contributed by atoms with Crippen LogP contribution in [-0.2, 0) is 16.6 Å². The minimum atomic E-state index is -0.511. The van der Waals surface area contributed by atoms with E-state index in [4.69, 9.17) is 4.74 Å². The number of aromatic nitrogens is 2. The van der Waals surface area contributed by atoms with Crippen LogP contribution in [0.5, 0.6) is 5.75 Å². The van der Waals surface area contributed by atoms with Gasteiger partial charge in [-0.15, -0.1) is 0 Å². The van der Waals surface area contributed by atoms with E-state index in [0.717, 1.165) is 41.7 Å². The molecule has 2 aliphatic rings. The van der Waals surface area contributed by atoms with Gasteiger partial charge in [0.25, 0.3) is 5.56 Å². The number of aryl methyl sites for hydroxylation is 1. The normalized spacial score (nSPS) is 15.9. The number of H-pyrrole nitrogens is 1. The molecule has 0 unspecified atom stereocenters. The van der Waals surface area contributed by atoms with Crippen molar-refractivity contribution in [3.63, 3.8) is 0 Å². The van der Waals surface area contributed by atoms with Crippen LogP contribution in [0.2, 0.25) is 0 Å². The number of nitrogens with zero attached hydrogens (tertiary/aromatic N) is 1. The molecular formula is C24H25N3O3. The molecule has 0 saturated heterocycles. The van der Waals surface area contributed by atoms with Crippen LogP contribution in [0.15, 0.2) is 47.4 Å². The predicted molar refractivity (Wildman–Crippen MR) is 117 cm³/mol. The lowest BCUT2D eigenvalue weighted by Gasteiger charge is -2.18. The summed E-state index contributed by atoms with van der Waals surface area (Å²) in [6, 6.07) is 11.5. The molecule has 5 rings (SSSR count). The Bertz CT molecular complexity index is 1230. The summed E-state index contributed by atoms with van der Waals surface area (Å²) in [7, 11) is 0. The number of anilines is 1. The van der Waals surface area contributed by atoms with Gasteiger partial charge in [-0.2, -0.15) is 0 Å². The van der Waals surface area contributed by atoms with Crippen molar-refractivity contribution in [2.75, 3.05) is 11.9 Å². The third-order valence-electron chi connectivity index (χ3n) is 6.27. The lowest BCUT2D eigenvalue weighted by Crippen LogP contribution is -2.28. The number of pyridine rings is 2. The van der Waals surface area contributed by atoms with Crippen molar-refractivity contribution in [1.29, 1.82) is 0 Å². The zero-order chi connectivity index (χ0) is 20.9. The first-order valence-corrected chi connectivity index (χ1v) is 10.2. The molecular weight excluding hydrogens is 378 g/mol. The van der Waals surface area contributed by atoms with Gasteiger partial charge in [0.2, 0.25) is 5.91 Å². The molecule has 1 aromatic carbocycles. The van der Waals surface area contributed by atoms with Crippen molar-refractivity contribution in [3.05, 3.63) is 75.2 Å². The summed E-state index contributed by atoms with van der Waals surface area (Å²) in [6.07, 6.45) is 4.11. The first kappa shape index (κ1) is 18.6. The Labute approximate surface area is 175 Å². The second-order valence-electron chi connectivity index (χ2n) is 8.17. The first-order chi connectivity index (χ1) is 14.5. The lowest BCUT2D eigenvalue weighted by molar-refractivity contribution is -0.118. The van der Waals surface area contributed by atoms with Gasteiger partial charge in [0.05, 0.1) is 23.3 Å². The van der Waals surface area contributed by atoms with Crippen LogP contribution in [0.1, 0.15) is 36.5 Å². The molecule has 1 aliphatic carbocycles. The Kier molecular flexibility index (Phi) is 4.24. The van der Waals surface area contributed by atoms with Gasteiger partial charge in [0.1, 0.15) is 11.6 Å². The lowest BCUT2D eigenvalue weighted by atomic mass is 9.92. The van der Waals surface area contributed by atoms with Crippen molar-refractivity contribution in [2.45, 2.75) is 38.5 Å². The van der Waals surface area contributed by atoms with E-state index in [0.29, 0.717) is 23.7 Å². The topological polar surface area (TPSA) is 84.1 Å². The van der Waals surface area contributed by atoms with Gasteiger partial charge in [0, 0.05) is 14.0 Å². The second kappa shape index (κ2) is 6.83. The number of ether oxygens (including phenoxy) is 1. The maximum absolute atomic E-state index is 13.3. The van der Waals surface area contributed by atoms with Crippen molar-refractivity contribution in [3.8, 4) is 17.0 Å². The highest BCUT2D eigenvalue weighted by atomic mass is 16.5. The van der Waals surface area contributed by atoms with E-state index < -0.39 is 5.41 Å². The van der Waals surface area contributed by atoms with E-state index in [2.05, 4.69) is 21.4 Å². The van der Waals surface area contributed by atoms with Crippen LogP contribution < -0.4 is 15.6 Å². The molecule has 6 heteroatoms. The summed E-state index contributed by atoms with van der Waals surface area (Å²) in [5.41, 5.74) is 4.47. The van der Waals surface area contributed by atoms with Gasteiger partial charge in [-0.1, -0.05) is 12.1 Å². The monoisotopic (exact) mass is 403 g/mol. The molecule has 1 saturated carbocycles. The Morgan fingerprint density at radius 3 is 2.83 bits per heavy atom. The number of fused-ring (bicyclic) bond motifs is 1. The van der Waals surface area contributed by atoms with E-state index in [1.807, 2.05) is 32.0 Å². The van der Waals surface area contributed by atoms with Crippen LogP contribution in [-0.4, -0.2) is 22.5 Å². The Balaban J connectivity index is 0.00000231. The molecule has 3 aromatic rings. The van der Waals surface area contributed by atoms with Crippen molar-refractivity contribution in [2.24, 2.45) is 0 Å². The number of hydrogen-bond donors (Lipinski definition) is 2. The summed E-state index contributed by atoms with van der Waals surface area (Å²) < 4.78 is 5.59. The molecule has 0 radical (unpaired) electrons. The van der Waals surface area contributed by atoms with E-state index in [1.165, 1.54) is 5.56 Å². The number of hydrogen-bond acceptors (Lipinski definition) is 4. The van der Waals surface area contributed by atoms with Crippen LogP contribution >= 0.6 is 0 Å². The number of nitrogens with one attached hydrogen (secondary N) is 2. The van der Waals surface area contributed by atoms with Gasteiger partial charge < -0.3 is 15.0 Å². The summed E-state index contributed by atoms with van der Waals surface area (Å²) in [5.74, 6) is 1.34. The van der Waals surface area contributed by atoms with E-state index in [9.17, 15) is 9.59 Å². The minimum Gasteiger partial charge on any atom is -0.493 e. The fraction of sp³-hybridized carbons (Fsp3) is 0.292. The molecule has 0 bridgehead atoms. The van der Waals surface area contributed by atoms with E-state index >= 15 is 0 Å². The Morgan fingerprint density at radius 2 is 2.07 bits per heavy atom. The van der Waals surface area contributed by atoms with Gasteiger partial charge >= 0.3 is 0 Å². The van der Waals surface area contributed by atoms with E-state index in [1.54, 1.807) is 18.3 Å². The number of carbonyl (C=O) groups excluding carboxylic acids is 1. The summed E-state index contributed by atoms with van der Waals surface area (Å²) in [4.78, 5) is 32.8. The molecule has 154 valence electrons. The molecule has 1 fully saturated rings. The van der Waals surface area contributed by atoms with Gasteiger partial charge in [0.15, 0.2) is 0 Å². The number of rotatable bonds is 4. The molecule has 6 nitrogen and oxygen atoms in total. The van der Waals surface area contributed by atoms with Crippen molar-refractivity contribution in [1.82, 2.24) is 9.97 Å². The molecule has 0 atom stereocenters. The highest BCUT2D eigenvalue weighted by Crippen LogP contribution is 2.50. The standard InChI is InChI=1S/C24H23N3O3.H2/c1-14-12-20(26-21(15(14)2)18-4-3-10-25-22(18)28)27-23(29)24(8-9-24)17-5-6-19-16(13-17)7-11-30-19;/h3-6,10,12-13H,7-9,11H2,1-2H3,(H,25,28)(H,26,27,29);1H. The first-order valence-electron chi connectivity index (χ1n) is 10.2. The minimum absolute atomic E-state index is 0. The average Bonchev–Trinajstić information content (AvgIpc) is 3.42. The van der Waals surface area contributed by atoms with Crippen LogP contribution in [0.25, 0.3) is 11.3 Å². The predicted octanol–water partition coefficient (Wildman–Crippen LogP) is 3.90. The largest absolute Gasteiger partial charge is 0.493 e. The molecule has 2 aromatic heterocycles. The third-order valence-corrected chi connectivity index (χ3v) is 6.27. The Hall–Kier alpha value is -3.41. The quantitative estimate of drug-likeness (QED) is 0.692. The van der Waals surface area contributed by atoms with Gasteiger partial charge in [-0.3, -0.25) is 9.59 Å². The maximum Gasteiger partial charge on any atom is 0.257 e. The zero-order valence-corrected chi connectivity index (χ0v) is 17.0.